The summed E-state index contributed by atoms with van der Waals surface area (Å²) in [7, 11) is 4.86. The maximum Gasteiger partial charge on any atom is 0.203 e. The van der Waals surface area contributed by atoms with Crippen LogP contribution >= 0.6 is 15.9 Å². The molecule has 0 atom stereocenters. The number of methoxy groups -OCH3 is 3. The van der Waals surface area contributed by atoms with Gasteiger partial charge in [0.05, 0.1) is 21.3 Å². The molecule has 1 aromatic rings. The SMILES string of the molecule is COc1cc(C(C)(C)CBr)cc(OC)c1OC. The second-order valence-corrected chi connectivity index (χ2v) is 4.99. The molecular weight excluding hydrogens is 284 g/mol. The van der Waals surface area contributed by atoms with Crippen molar-refractivity contribution in [3.05, 3.63) is 17.7 Å². The minimum atomic E-state index is 0.00678. The molecule has 0 N–H and O–H groups in total. The lowest BCUT2D eigenvalue weighted by Gasteiger charge is -2.24. The summed E-state index contributed by atoms with van der Waals surface area (Å²) in [5.41, 5.74) is 1.15. The molecule has 0 heterocycles. The van der Waals surface area contributed by atoms with Gasteiger partial charge in [-0.2, -0.15) is 0 Å². The Kier molecular flexibility index (Phi) is 4.69. The van der Waals surface area contributed by atoms with Crippen LogP contribution in [0.4, 0.5) is 0 Å². The number of rotatable bonds is 5. The lowest BCUT2D eigenvalue weighted by molar-refractivity contribution is 0.322. The molecule has 0 aromatic heterocycles. The van der Waals surface area contributed by atoms with Crippen LogP contribution in [0.15, 0.2) is 12.1 Å². The third-order valence-electron chi connectivity index (χ3n) is 2.78. The summed E-state index contributed by atoms with van der Waals surface area (Å²) in [6.07, 6.45) is 0. The van der Waals surface area contributed by atoms with E-state index in [-0.39, 0.29) is 5.41 Å². The third kappa shape index (κ3) is 2.86. The smallest absolute Gasteiger partial charge is 0.203 e. The Labute approximate surface area is 111 Å². The highest BCUT2D eigenvalue weighted by Gasteiger charge is 2.23. The summed E-state index contributed by atoms with van der Waals surface area (Å²) in [4.78, 5) is 0. The predicted molar refractivity (Wildman–Crippen MR) is 72.9 cm³/mol. The van der Waals surface area contributed by atoms with E-state index in [0.717, 1.165) is 10.9 Å². The van der Waals surface area contributed by atoms with E-state index in [4.69, 9.17) is 14.2 Å². The molecule has 0 radical (unpaired) electrons. The van der Waals surface area contributed by atoms with Crippen LogP contribution < -0.4 is 14.2 Å². The Balaban J connectivity index is 3.37. The van der Waals surface area contributed by atoms with Crippen LogP contribution in [0.5, 0.6) is 17.2 Å². The molecule has 0 saturated heterocycles. The minimum absolute atomic E-state index is 0.00678. The van der Waals surface area contributed by atoms with Gasteiger partial charge >= 0.3 is 0 Å². The first-order chi connectivity index (χ1) is 8.00. The Morgan fingerprint density at radius 3 is 1.76 bits per heavy atom. The average molecular weight is 303 g/mol. The van der Waals surface area contributed by atoms with Crippen molar-refractivity contribution in [2.75, 3.05) is 26.7 Å². The fourth-order valence-electron chi connectivity index (χ4n) is 1.55. The van der Waals surface area contributed by atoms with Crippen LogP contribution in [0.3, 0.4) is 0 Å². The zero-order valence-electron chi connectivity index (χ0n) is 11.0. The van der Waals surface area contributed by atoms with Gasteiger partial charge in [-0.05, 0) is 23.1 Å². The molecule has 0 aliphatic rings. The standard InChI is InChI=1S/C13H19BrO3/c1-13(2,8-14)9-6-10(15-3)12(17-5)11(7-9)16-4/h6-7H,8H2,1-5H3. The van der Waals surface area contributed by atoms with E-state index in [1.54, 1.807) is 21.3 Å². The van der Waals surface area contributed by atoms with E-state index in [1.165, 1.54) is 0 Å². The normalized spacial score (nSPS) is 11.2. The number of hydrogen-bond acceptors (Lipinski definition) is 3. The van der Waals surface area contributed by atoms with E-state index >= 15 is 0 Å². The second-order valence-electron chi connectivity index (χ2n) is 4.43. The first-order valence-corrected chi connectivity index (χ1v) is 6.48. The summed E-state index contributed by atoms with van der Waals surface area (Å²) in [6, 6.07) is 3.98. The fourth-order valence-corrected chi connectivity index (χ4v) is 1.87. The van der Waals surface area contributed by atoms with E-state index in [2.05, 4.69) is 29.8 Å². The number of ether oxygens (including phenoxy) is 3. The minimum Gasteiger partial charge on any atom is -0.493 e. The van der Waals surface area contributed by atoms with Gasteiger partial charge in [-0.15, -0.1) is 0 Å². The Morgan fingerprint density at radius 2 is 1.47 bits per heavy atom. The van der Waals surface area contributed by atoms with Crippen LogP contribution in [0.25, 0.3) is 0 Å². The number of halogens is 1. The highest BCUT2D eigenvalue weighted by atomic mass is 79.9. The number of alkyl halides is 1. The van der Waals surface area contributed by atoms with Gasteiger partial charge in [-0.1, -0.05) is 29.8 Å². The van der Waals surface area contributed by atoms with Gasteiger partial charge in [-0.3, -0.25) is 0 Å². The molecular formula is C13H19BrO3. The molecule has 4 heteroatoms. The Bertz CT molecular complexity index is 363. The Morgan fingerprint density at radius 1 is 1.00 bits per heavy atom. The molecule has 0 bridgehead atoms. The molecule has 0 aliphatic carbocycles. The highest BCUT2D eigenvalue weighted by molar-refractivity contribution is 9.09. The molecule has 0 amide bonds. The number of hydrogen-bond donors (Lipinski definition) is 0. The Hall–Kier alpha value is -0.900. The average Bonchev–Trinajstić information content (AvgIpc) is 2.36. The zero-order chi connectivity index (χ0) is 13.1. The van der Waals surface area contributed by atoms with E-state index in [0.29, 0.717) is 17.2 Å². The van der Waals surface area contributed by atoms with Crippen LogP contribution in [-0.4, -0.2) is 26.7 Å². The molecule has 1 rings (SSSR count). The van der Waals surface area contributed by atoms with Crippen LogP contribution in [-0.2, 0) is 5.41 Å². The first kappa shape index (κ1) is 14.2. The zero-order valence-corrected chi connectivity index (χ0v) is 12.6. The lowest BCUT2D eigenvalue weighted by Crippen LogP contribution is -2.19. The predicted octanol–water partition coefficient (Wildman–Crippen LogP) is 3.38. The maximum atomic E-state index is 5.34. The quantitative estimate of drug-likeness (QED) is 0.780. The monoisotopic (exact) mass is 302 g/mol. The van der Waals surface area contributed by atoms with Crippen LogP contribution in [0.1, 0.15) is 19.4 Å². The summed E-state index contributed by atoms with van der Waals surface area (Å²) in [6.45, 7) is 4.31. The molecule has 0 unspecified atom stereocenters. The van der Waals surface area contributed by atoms with Crippen molar-refractivity contribution in [1.29, 1.82) is 0 Å². The van der Waals surface area contributed by atoms with Gasteiger partial charge in [0.2, 0.25) is 5.75 Å². The topological polar surface area (TPSA) is 27.7 Å². The maximum absolute atomic E-state index is 5.34. The second kappa shape index (κ2) is 5.63. The van der Waals surface area contributed by atoms with Crippen molar-refractivity contribution in [3.63, 3.8) is 0 Å². The van der Waals surface area contributed by atoms with Crippen molar-refractivity contribution in [2.24, 2.45) is 0 Å². The molecule has 96 valence electrons. The van der Waals surface area contributed by atoms with E-state index in [9.17, 15) is 0 Å². The molecule has 3 nitrogen and oxygen atoms in total. The van der Waals surface area contributed by atoms with Crippen molar-refractivity contribution >= 4 is 15.9 Å². The van der Waals surface area contributed by atoms with Crippen molar-refractivity contribution in [3.8, 4) is 17.2 Å². The van der Waals surface area contributed by atoms with Crippen molar-refractivity contribution in [1.82, 2.24) is 0 Å². The molecule has 17 heavy (non-hydrogen) atoms. The fraction of sp³-hybridized carbons (Fsp3) is 0.538. The summed E-state index contributed by atoms with van der Waals surface area (Å²) in [5, 5.41) is 0.860. The van der Waals surface area contributed by atoms with Gasteiger partial charge in [0.1, 0.15) is 0 Å². The largest absolute Gasteiger partial charge is 0.493 e. The summed E-state index contributed by atoms with van der Waals surface area (Å²) >= 11 is 3.52. The van der Waals surface area contributed by atoms with Crippen molar-refractivity contribution in [2.45, 2.75) is 19.3 Å². The summed E-state index contributed by atoms with van der Waals surface area (Å²) < 4.78 is 16.0. The van der Waals surface area contributed by atoms with E-state index < -0.39 is 0 Å². The molecule has 0 saturated carbocycles. The van der Waals surface area contributed by atoms with Gasteiger partial charge in [-0.25, -0.2) is 0 Å². The van der Waals surface area contributed by atoms with Gasteiger partial charge in [0.15, 0.2) is 11.5 Å². The molecule has 0 fully saturated rings. The molecule has 0 aliphatic heterocycles. The summed E-state index contributed by atoms with van der Waals surface area (Å²) in [5.74, 6) is 2.01. The van der Waals surface area contributed by atoms with Gasteiger partial charge in [0, 0.05) is 5.33 Å². The highest BCUT2D eigenvalue weighted by Crippen LogP contribution is 2.41. The lowest BCUT2D eigenvalue weighted by atomic mass is 9.86. The van der Waals surface area contributed by atoms with Gasteiger partial charge < -0.3 is 14.2 Å². The van der Waals surface area contributed by atoms with Crippen LogP contribution in [0, 0.1) is 0 Å². The van der Waals surface area contributed by atoms with Crippen LogP contribution in [0.2, 0.25) is 0 Å². The third-order valence-corrected chi connectivity index (χ3v) is 4.18. The van der Waals surface area contributed by atoms with Crippen molar-refractivity contribution < 1.29 is 14.2 Å². The number of benzene rings is 1. The first-order valence-electron chi connectivity index (χ1n) is 5.36. The molecule has 1 aromatic carbocycles. The molecule has 0 spiro atoms. The van der Waals surface area contributed by atoms with Gasteiger partial charge in [0.25, 0.3) is 0 Å². The van der Waals surface area contributed by atoms with E-state index in [1.807, 2.05) is 12.1 Å².